The van der Waals surface area contributed by atoms with E-state index in [0.29, 0.717) is 6.54 Å². The molecule has 1 aliphatic heterocycles. The summed E-state index contributed by atoms with van der Waals surface area (Å²) >= 11 is 6.29. The molecule has 6 heteroatoms. The van der Waals surface area contributed by atoms with Crippen molar-refractivity contribution < 1.29 is 9.53 Å². The third-order valence-corrected chi connectivity index (χ3v) is 4.18. The fraction of sp³-hybridized carbons (Fsp3) is 0.562. The minimum absolute atomic E-state index is 0.201. The molecule has 0 N–H and O–H groups in total. The van der Waals surface area contributed by atoms with Crippen LogP contribution in [0.4, 0.5) is 0 Å². The van der Waals surface area contributed by atoms with Crippen molar-refractivity contribution in [1.82, 2.24) is 14.7 Å². The van der Waals surface area contributed by atoms with Gasteiger partial charge in [-0.15, -0.1) is 0 Å². The van der Waals surface area contributed by atoms with Gasteiger partial charge >= 0.3 is 0 Å². The van der Waals surface area contributed by atoms with Gasteiger partial charge in [0, 0.05) is 37.7 Å². The van der Waals surface area contributed by atoms with E-state index in [4.69, 9.17) is 16.3 Å². The third-order valence-electron chi connectivity index (χ3n) is 3.83. The maximum atomic E-state index is 12.0. The zero-order valence-electron chi connectivity index (χ0n) is 13.5. The average Bonchev–Trinajstić information content (AvgIpc) is 2.49. The summed E-state index contributed by atoms with van der Waals surface area (Å²) in [6.07, 6.45) is 0. The van der Waals surface area contributed by atoms with Gasteiger partial charge in [0.05, 0.1) is 13.7 Å². The molecule has 0 aliphatic carbocycles. The predicted molar refractivity (Wildman–Crippen MR) is 88.4 cm³/mol. The number of amides is 1. The molecule has 0 bridgehead atoms. The number of hydrogen-bond donors (Lipinski definition) is 0. The molecule has 122 valence electrons. The molecule has 1 fully saturated rings. The molecule has 0 saturated carbocycles. The summed E-state index contributed by atoms with van der Waals surface area (Å²) in [6.45, 7) is 4.59. The lowest BCUT2D eigenvalue weighted by Gasteiger charge is -2.35. The summed E-state index contributed by atoms with van der Waals surface area (Å²) in [5, 5.41) is 0.727. The van der Waals surface area contributed by atoms with Gasteiger partial charge in [-0.05, 0) is 31.8 Å². The molecule has 0 unspecified atom stereocenters. The molecule has 0 aromatic heterocycles. The monoisotopic (exact) mass is 325 g/mol. The number of nitrogens with zero attached hydrogens (tertiary/aromatic N) is 3. The first-order valence-electron chi connectivity index (χ1n) is 7.47. The number of piperazine rings is 1. The van der Waals surface area contributed by atoms with Gasteiger partial charge in [-0.1, -0.05) is 17.7 Å². The van der Waals surface area contributed by atoms with Gasteiger partial charge in [-0.25, -0.2) is 0 Å². The molecular formula is C16H24ClN3O2. The van der Waals surface area contributed by atoms with Crippen molar-refractivity contribution in [3.05, 3.63) is 28.8 Å². The van der Waals surface area contributed by atoms with Crippen LogP contribution in [0.5, 0.6) is 5.75 Å². The van der Waals surface area contributed by atoms with Gasteiger partial charge in [0.15, 0.2) is 0 Å². The maximum absolute atomic E-state index is 12.0. The number of benzene rings is 1. The summed E-state index contributed by atoms with van der Waals surface area (Å²) in [4.78, 5) is 18.2. The van der Waals surface area contributed by atoms with Gasteiger partial charge in [-0.3, -0.25) is 9.69 Å². The van der Waals surface area contributed by atoms with Crippen molar-refractivity contribution in [1.29, 1.82) is 0 Å². The van der Waals surface area contributed by atoms with Crippen molar-refractivity contribution >= 4 is 17.5 Å². The van der Waals surface area contributed by atoms with Crippen LogP contribution in [0.2, 0.25) is 5.02 Å². The number of methoxy groups -OCH3 is 1. The van der Waals surface area contributed by atoms with Gasteiger partial charge in [-0.2, -0.15) is 0 Å². The Morgan fingerprint density at radius 2 is 1.95 bits per heavy atom. The van der Waals surface area contributed by atoms with E-state index < -0.39 is 0 Å². The lowest BCUT2D eigenvalue weighted by molar-refractivity contribution is -0.133. The first kappa shape index (κ1) is 17.1. The average molecular weight is 326 g/mol. The van der Waals surface area contributed by atoms with Crippen molar-refractivity contribution in [3.8, 4) is 5.75 Å². The highest BCUT2D eigenvalue weighted by Crippen LogP contribution is 2.23. The quantitative estimate of drug-likeness (QED) is 0.823. The van der Waals surface area contributed by atoms with Crippen LogP contribution in [0.15, 0.2) is 18.2 Å². The molecule has 5 nitrogen and oxygen atoms in total. The summed E-state index contributed by atoms with van der Waals surface area (Å²) < 4.78 is 5.17. The van der Waals surface area contributed by atoms with E-state index in [1.807, 2.05) is 42.1 Å². The van der Waals surface area contributed by atoms with E-state index in [1.54, 1.807) is 7.11 Å². The molecule has 2 rings (SSSR count). The molecule has 1 aromatic carbocycles. The highest BCUT2D eigenvalue weighted by atomic mass is 35.5. The molecule has 1 amide bonds. The molecular weight excluding hydrogens is 302 g/mol. The lowest BCUT2D eigenvalue weighted by Crippen LogP contribution is -2.50. The van der Waals surface area contributed by atoms with Crippen LogP contribution in [0.1, 0.15) is 5.56 Å². The van der Waals surface area contributed by atoms with Crippen LogP contribution in [0, 0.1) is 0 Å². The predicted octanol–water partition coefficient (Wildman–Crippen LogP) is 1.55. The zero-order valence-corrected chi connectivity index (χ0v) is 14.3. The fourth-order valence-corrected chi connectivity index (χ4v) is 2.78. The molecule has 1 aliphatic rings. The van der Waals surface area contributed by atoms with Crippen molar-refractivity contribution in [2.45, 2.75) is 6.54 Å². The Hall–Kier alpha value is -1.30. The van der Waals surface area contributed by atoms with E-state index >= 15 is 0 Å². The Labute approximate surface area is 137 Å². The van der Waals surface area contributed by atoms with Crippen LogP contribution in [0.3, 0.4) is 0 Å². The smallest absolute Gasteiger partial charge is 0.236 e. The lowest BCUT2D eigenvalue weighted by atomic mass is 10.2. The van der Waals surface area contributed by atoms with Crippen molar-refractivity contribution in [2.75, 3.05) is 53.9 Å². The van der Waals surface area contributed by atoms with Crippen LogP contribution >= 0.6 is 11.6 Å². The Bertz CT molecular complexity index is 514. The topological polar surface area (TPSA) is 36.0 Å². The van der Waals surface area contributed by atoms with Crippen LogP contribution in [0.25, 0.3) is 0 Å². The number of likely N-dealkylation sites (N-methyl/N-ethyl adjacent to an activating group) is 1. The molecule has 1 aromatic rings. The van der Waals surface area contributed by atoms with Crippen molar-refractivity contribution in [3.63, 3.8) is 0 Å². The normalized spacial score (nSPS) is 16.1. The van der Waals surface area contributed by atoms with Gasteiger partial charge in [0.25, 0.3) is 0 Å². The highest BCUT2D eigenvalue weighted by Gasteiger charge is 2.21. The summed E-state index contributed by atoms with van der Waals surface area (Å²) in [7, 11) is 5.47. The van der Waals surface area contributed by atoms with Gasteiger partial charge in [0.1, 0.15) is 5.75 Å². The van der Waals surface area contributed by atoms with E-state index in [9.17, 15) is 4.79 Å². The number of hydrogen-bond acceptors (Lipinski definition) is 4. The summed E-state index contributed by atoms with van der Waals surface area (Å²) in [5.74, 6) is 0.972. The summed E-state index contributed by atoms with van der Waals surface area (Å²) in [6, 6.07) is 5.77. The van der Waals surface area contributed by atoms with Crippen molar-refractivity contribution in [2.24, 2.45) is 0 Å². The first-order chi connectivity index (χ1) is 10.5. The molecule has 22 heavy (non-hydrogen) atoms. The van der Waals surface area contributed by atoms with E-state index in [1.165, 1.54) is 0 Å². The number of halogens is 1. The third kappa shape index (κ3) is 4.60. The molecule has 0 atom stereocenters. The van der Waals surface area contributed by atoms with E-state index in [0.717, 1.165) is 49.1 Å². The first-order valence-corrected chi connectivity index (χ1v) is 7.84. The molecule has 1 heterocycles. The Morgan fingerprint density at radius 1 is 1.27 bits per heavy atom. The van der Waals surface area contributed by atoms with Gasteiger partial charge in [0.2, 0.25) is 5.91 Å². The standard InChI is InChI=1S/C16H24ClN3O2/c1-18(2)12-16(21)20-8-6-19(7-9-20)11-13-4-5-14(22-3)10-15(13)17/h4-5,10H,6-9,11-12H2,1-3H3. The highest BCUT2D eigenvalue weighted by molar-refractivity contribution is 6.31. The Morgan fingerprint density at radius 3 is 2.50 bits per heavy atom. The van der Waals surface area contributed by atoms with Crippen LogP contribution < -0.4 is 4.74 Å². The zero-order chi connectivity index (χ0) is 16.1. The SMILES string of the molecule is COc1ccc(CN2CCN(C(=O)CN(C)C)CC2)c(Cl)c1. The van der Waals surface area contributed by atoms with E-state index in [-0.39, 0.29) is 5.91 Å². The number of ether oxygens (including phenoxy) is 1. The summed E-state index contributed by atoms with van der Waals surface area (Å²) in [5.41, 5.74) is 1.09. The second-order valence-electron chi connectivity index (χ2n) is 5.85. The Balaban J connectivity index is 1.86. The van der Waals surface area contributed by atoms with Gasteiger partial charge < -0.3 is 14.5 Å². The second kappa shape index (κ2) is 7.81. The van der Waals surface area contributed by atoms with E-state index in [2.05, 4.69) is 4.90 Å². The van der Waals surface area contributed by atoms with Crippen LogP contribution in [-0.4, -0.2) is 74.5 Å². The number of carbonyl (C=O) groups excluding carboxylic acids is 1. The maximum Gasteiger partial charge on any atom is 0.236 e. The molecule has 0 spiro atoms. The minimum atomic E-state index is 0.201. The molecule has 1 saturated heterocycles. The van der Waals surface area contributed by atoms with Crippen LogP contribution in [-0.2, 0) is 11.3 Å². The fourth-order valence-electron chi connectivity index (χ4n) is 2.55. The Kier molecular flexibility index (Phi) is 6.06. The second-order valence-corrected chi connectivity index (χ2v) is 6.26. The minimum Gasteiger partial charge on any atom is -0.497 e. The number of carbonyl (C=O) groups is 1. The number of rotatable bonds is 5. The molecule has 0 radical (unpaired) electrons. The largest absolute Gasteiger partial charge is 0.497 e.